The lowest BCUT2D eigenvalue weighted by molar-refractivity contribution is 0.268. The molecule has 0 bridgehead atoms. The molecule has 0 spiro atoms. The number of ether oxygens (including phenoxy) is 2. The summed E-state index contributed by atoms with van der Waals surface area (Å²) < 4.78 is 11.6. The van der Waals surface area contributed by atoms with Crippen molar-refractivity contribution in [1.29, 1.82) is 0 Å². The average Bonchev–Trinajstić information content (AvgIpc) is 2.92. The monoisotopic (exact) mass is 277 g/mol. The first-order valence-electron chi connectivity index (χ1n) is 6.39. The third kappa shape index (κ3) is 3.72. The SMILES string of the molecule is CCOc1cccc(CNC)c1OCc1cccs1. The molecular weight excluding hydrogens is 258 g/mol. The number of hydrogen-bond acceptors (Lipinski definition) is 4. The molecule has 102 valence electrons. The van der Waals surface area contributed by atoms with E-state index in [4.69, 9.17) is 9.47 Å². The molecule has 1 aromatic heterocycles. The van der Waals surface area contributed by atoms with Gasteiger partial charge in [0.2, 0.25) is 0 Å². The normalized spacial score (nSPS) is 10.4. The zero-order chi connectivity index (χ0) is 13.5. The van der Waals surface area contributed by atoms with E-state index in [1.54, 1.807) is 11.3 Å². The lowest BCUT2D eigenvalue weighted by atomic mass is 10.2. The first kappa shape index (κ1) is 13.9. The van der Waals surface area contributed by atoms with Crippen LogP contribution in [-0.4, -0.2) is 13.7 Å². The van der Waals surface area contributed by atoms with E-state index in [2.05, 4.69) is 22.8 Å². The van der Waals surface area contributed by atoms with E-state index < -0.39 is 0 Å². The van der Waals surface area contributed by atoms with Gasteiger partial charge < -0.3 is 14.8 Å². The predicted octanol–water partition coefficient (Wildman–Crippen LogP) is 3.45. The Balaban J connectivity index is 2.18. The van der Waals surface area contributed by atoms with Gasteiger partial charge in [-0.2, -0.15) is 0 Å². The fourth-order valence-electron chi connectivity index (χ4n) is 1.86. The standard InChI is InChI=1S/C15H19NO2S/c1-3-17-14-8-4-6-12(10-16-2)15(14)18-11-13-7-5-9-19-13/h4-9,16H,3,10-11H2,1-2H3. The lowest BCUT2D eigenvalue weighted by Gasteiger charge is -2.15. The van der Waals surface area contributed by atoms with Crippen molar-refractivity contribution >= 4 is 11.3 Å². The van der Waals surface area contributed by atoms with E-state index in [0.29, 0.717) is 13.2 Å². The van der Waals surface area contributed by atoms with Crippen molar-refractivity contribution in [2.24, 2.45) is 0 Å². The molecular formula is C15H19NO2S. The summed E-state index contributed by atoms with van der Waals surface area (Å²) in [7, 11) is 1.93. The smallest absolute Gasteiger partial charge is 0.166 e. The molecule has 1 aromatic carbocycles. The van der Waals surface area contributed by atoms with Gasteiger partial charge in [0.1, 0.15) is 6.61 Å². The van der Waals surface area contributed by atoms with E-state index in [1.807, 2.05) is 32.2 Å². The van der Waals surface area contributed by atoms with Gasteiger partial charge in [-0.1, -0.05) is 18.2 Å². The molecule has 0 radical (unpaired) electrons. The number of benzene rings is 1. The molecule has 1 heterocycles. The van der Waals surface area contributed by atoms with Gasteiger partial charge in [0.15, 0.2) is 11.5 Å². The van der Waals surface area contributed by atoms with Crippen LogP contribution < -0.4 is 14.8 Å². The maximum Gasteiger partial charge on any atom is 0.166 e. The Morgan fingerprint density at radius 3 is 2.74 bits per heavy atom. The maximum atomic E-state index is 5.96. The Bertz CT molecular complexity index is 473. The molecule has 0 saturated heterocycles. The van der Waals surface area contributed by atoms with Crippen LogP contribution in [0.5, 0.6) is 11.5 Å². The quantitative estimate of drug-likeness (QED) is 0.841. The molecule has 0 aliphatic heterocycles. The van der Waals surface area contributed by atoms with E-state index in [-0.39, 0.29) is 0 Å². The summed E-state index contributed by atoms with van der Waals surface area (Å²) in [6.07, 6.45) is 0. The molecule has 0 fully saturated rings. The summed E-state index contributed by atoms with van der Waals surface area (Å²) in [6.45, 7) is 3.96. The number of para-hydroxylation sites is 1. The van der Waals surface area contributed by atoms with E-state index in [1.165, 1.54) is 4.88 Å². The minimum absolute atomic E-state index is 0.582. The van der Waals surface area contributed by atoms with Crippen LogP contribution in [-0.2, 0) is 13.2 Å². The molecule has 2 rings (SSSR count). The lowest BCUT2D eigenvalue weighted by Crippen LogP contribution is -2.08. The second-order valence-electron chi connectivity index (χ2n) is 4.08. The molecule has 0 aliphatic rings. The Morgan fingerprint density at radius 2 is 2.05 bits per heavy atom. The van der Waals surface area contributed by atoms with Crippen LogP contribution in [0.15, 0.2) is 35.7 Å². The van der Waals surface area contributed by atoms with Gasteiger partial charge in [-0.05, 0) is 31.5 Å². The summed E-state index contributed by atoms with van der Waals surface area (Å²) >= 11 is 1.70. The fraction of sp³-hybridized carbons (Fsp3) is 0.333. The molecule has 0 unspecified atom stereocenters. The van der Waals surface area contributed by atoms with Gasteiger partial charge in [0.25, 0.3) is 0 Å². The predicted molar refractivity (Wildman–Crippen MR) is 79.0 cm³/mol. The van der Waals surface area contributed by atoms with Crippen molar-refractivity contribution in [2.75, 3.05) is 13.7 Å². The van der Waals surface area contributed by atoms with Gasteiger partial charge in [0.05, 0.1) is 6.61 Å². The van der Waals surface area contributed by atoms with Crippen molar-refractivity contribution in [3.05, 3.63) is 46.2 Å². The Hall–Kier alpha value is -1.52. The largest absolute Gasteiger partial charge is 0.490 e. The highest BCUT2D eigenvalue weighted by molar-refractivity contribution is 7.09. The van der Waals surface area contributed by atoms with Crippen LogP contribution in [0.2, 0.25) is 0 Å². The summed E-state index contributed by atoms with van der Waals surface area (Å²) in [5.41, 5.74) is 1.12. The van der Waals surface area contributed by atoms with Gasteiger partial charge >= 0.3 is 0 Å². The van der Waals surface area contributed by atoms with E-state index in [9.17, 15) is 0 Å². The fourth-order valence-corrected chi connectivity index (χ4v) is 2.48. The van der Waals surface area contributed by atoms with E-state index in [0.717, 1.165) is 23.6 Å². The highest BCUT2D eigenvalue weighted by Crippen LogP contribution is 2.32. The van der Waals surface area contributed by atoms with Crippen LogP contribution in [0, 0.1) is 0 Å². The molecule has 19 heavy (non-hydrogen) atoms. The number of nitrogens with one attached hydrogen (secondary N) is 1. The van der Waals surface area contributed by atoms with Crippen LogP contribution in [0.25, 0.3) is 0 Å². The highest BCUT2D eigenvalue weighted by Gasteiger charge is 2.11. The molecule has 2 aromatic rings. The minimum atomic E-state index is 0.582. The van der Waals surface area contributed by atoms with Crippen LogP contribution in [0.3, 0.4) is 0 Å². The topological polar surface area (TPSA) is 30.5 Å². The molecule has 4 heteroatoms. The maximum absolute atomic E-state index is 5.96. The second-order valence-corrected chi connectivity index (χ2v) is 5.11. The Morgan fingerprint density at radius 1 is 1.16 bits per heavy atom. The Labute approximate surface area is 118 Å². The van der Waals surface area contributed by atoms with Gasteiger partial charge in [-0.25, -0.2) is 0 Å². The van der Waals surface area contributed by atoms with Crippen LogP contribution >= 0.6 is 11.3 Å². The zero-order valence-corrected chi connectivity index (χ0v) is 12.1. The highest BCUT2D eigenvalue weighted by atomic mass is 32.1. The molecule has 3 nitrogen and oxygen atoms in total. The molecule has 1 N–H and O–H groups in total. The number of hydrogen-bond donors (Lipinski definition) is 1. The molecule has 0 atom stereocenters. The molecule has 0 amide bonds. The first-order chi connectivity index (χ1) is 9.35. The molecule has 0 saturated carbocycles. The van der Waals surface area contributed by atoms with Crippen molar-refractivity contribution in [2.45, 2.75) is 20.1 Å². The average molecular weight is 277 g/mol. The number of rotatable bonds is 7. The van der Waals surface area contributed by atoms with Crippen molar-refractivity contribution in [1.82, 2.24) is 5.32 Å². The third-order valence-corrected chi connectivity index (χ3v) is 3.52. The van der Waals surface area contributed by atoms with Crippen LogP contribution in [0.4, 0.5) is 0 Å². The first-order valence-corrected chi connectivity index (χ1v) is 7.27. The van der Waals surface area contributed by atoms with Crippen molar-refractivity contribution in [3.63, 3.8) is 0 Å². The van der Waals surface area contributed by atoms with Gasteiger partial charge in [-0.3, -0.25) is 0 Å². The van der Waals surface area contributed by atoms with Crippen molar-refractivity contribution < 1.29 is 9.47 Å². The molecule has 0 aliphatic carbocycles. The van der Waals surface area contributed by atoms with Gasteiger partial charge in [0, 0.05) is 17.0 Å². The van der Waals surface area contributed by atoms with E-state index >= 15 is 0 Å². The third-order valence-electron chi connectivity index (χ3n) is 2.67. The summed E-state index contributed by atoms with van der Waals surface area (Å²) in [5.74, 6) is 1.65. The summed E-state index contributed by atoms with van der Waals surface area (Å²) in [4.78, 5) is 1.21. The van der Waals surface area contributed by atoms with Crippen molar-refractivity contribution in [3.8, 4) is 11.5 Å². The van der Waals surface area contributed by atoms with Crippen LogP contribution in [0.1, 0.15) is 17.4 Å². The Kier molecular flexibility index (Phi) is 5.24. The zero-order valence-electron chi connectivity index (χ0n) is 11.3. The summed E-state index contributed by atoms with van der Waals surface area (Å²) in [6, 6.07) is 10.1. The van der Waals surface area contributed by atoms with Gasteiger partial charge in [-0.15, -0.1) is 11.3 Å². The summed E-state index contributed by atoms with van der Waals surface area (Å²) in [5, 5.41) is 5.21. The minimum Gasteiger partial charge on any atom is -0.490 e. The second kappa shape index (κ2) is 7.16. The number of thiophene rings is 1.